The summed E-state index contributed by atoms with van der Waals surface area (Å²) in [5.41, 5.74) is 0.554. The van der Waals surface area contributed by atoms with Crippen molar-refractivity contribution in [2.45, 2.75) is 32.7 Å². The molecule has 1 aromatic rings. The first-order chi connectivity index (χ1) is 8.99. The van der Waals surface area contributed by atoms with Crippen molar-refractivity contribution in [3.05, 3.63) is 26.7 Å². The molecule has 6 heteroatoms. The summed E-state index contributed by atoms with van der Waals surface area (Å²) in [5, 5.41) is 3.99. The molecular weight excluding hydrogens is 353 g/mol. The van der Waals surface area contributed by atoms with Crippen LogP contribution in [0.15, 0.2) is 16.6 Å². The van der Waals surface area contributed by atoms with Crippen LogP contribution in [0, 0.1) is 0 Å². The fourth-order valence-corrected chi connectivity index (χ4v) is 2.95. The summed E-state index contributed by atoms with van der Waals surface area (Å²) in [6.07, 6.45) is 1.50. The van der Waals surface area contributed by atoms with Crippen LogP contribution in [0.25, 0.3) is 0 Å². The molecule has 0 aliphatic carbocycles. The monoisotopic (exact) mass is 367 g/mol. The van der Waals surface area contributed by atoms with Crippen LogP contribution in [0.5, 0.6) is 0 Å². The Hall–Kier alpha value is -0.450. The Labute approximate surface area is 131 Å². The van der Waals surface area contributed by atoms with Gasteiger partial charge < -0.3 is 10.1 Å². The smallest absolute Gasteiger partial charge is 0.328 e. The van der Waals surface area contributed by atoms with Crippen molar-refractivity contribution in [2.75, 3.05) is 11.9 Å². The lowest BCUT2D eigenvalue weighted by molar-refractivity contribution is -0.144. The second kappa shape index (κ2) is 7.98. The molecule has 0 saturated carbocycles. The Morgan fingerprint density at radius 1 is 1.37 bits per heavy atom. The Morgan fingerprint density at radius 3 is 2.42 bits per heavy atom. The van der Waals surface area contributed by atoms with Gasteiger partial charge in [0.05, 0.1) is 22.3 Å². The van der Waals surface area contributed by atoms with E-state index >= 15 is 0 Å². The highest BCUT2D eigenvalue weighted by molar-refractivity contribution is 9.10. The fourth-order valence-electron chi connectivity index (χ4n) is 1.63. The summed E-state index contributed by atoms with van der Waals surface area (Å²) < 4.78 is 5.82. The number of benzene rings is 1. The van der Waals surface area contributed by atoms with Crippen LogP contribution >= 0.6 is 39.1 Å². The van der Waals surface area contributed by atoms with E-state index in [-0.39, 0.29) is 5.97 Å². The van der Waals surface area contributed by atoms with Crippen molar-refractivity contribution in [2.24, 2.45) is 0 Å². The van der Waals surface area contributed by atoms with E-state index in [1.165, 1.54) is 0 Å². The maximum atomic E-state index is 11.8. The maximum Gasteiger partial charge on any atom is 0.328 e. The zero-order valence-corrected chi connectivity index (χ0v) is 13.9. The Balaban J connectivity index is 2.93. The minimum Gasteiger partial charge on any atom is -0.464 e. The molecule has 1 aromatic carbocycles. The molecule has 0 bridgehead atoms. The molecule has 0 aliphatic heterocycles. The van der Waals surface area contributed by atoms with Gasteiger partial charge in [0.2, 0.25) is 0 Å². The van der Waals surface area contributed by atoms with Crippen LogP contribution in [0.1, 0.15) is 26.7 Å². The van der Waals surface area contributed by atoms with Crippen LogP contribution in [0.3, 0.4) is 0 Å². The first kappa shape index (κ1) is 16.6. The Bertz CT molecular complexity index is 431. The van der Waals surface area contributed by atoms with Gasteiger partial charge in [-0.2, -0.15) is 0 Å². The average molecular weight is 369 g/mol. The van der Waals surface area contributed by atoms with Gasteiger partial charge in [-0.1, -0.05) is 52.5 Å². The Morgan fingerprint density at radius 2 is 1.95 bits per heavy atom. The van der Waals surface area contributed by atoms with Gasteiger partial charge in [0.1, 0.15) is 6.04 Å². The number of ether oxygens (including phenoxy) is 1. The summed E-state index contributed by atoms with van der Waals surface area (Å²) in [5.74, 6) is -0.292. The van der Waals surface area contributed by atoms with E-state index in [4.69, 9.17) is 27.9 Å². The summed E-state index contributed by atoms with van der Waals surface area (Å²) in [6.45, 7) is 4.13. The molecule has 1 N–H and O–H groups in total. The first-order valence-electron chi connectivity index (χ1n) is 6.07. The summed E-state index contributed by atoms with van der Waals surface area (Å²) in [4.78, 5) is 11.8. The first-order valence-corrected chi connectivity index (χ1v) is 7.62. The number of hydrogen-bond donors (Lipinski definition) is 1. The molecule has 3 nitrogen and oxygen atoms in total. The third-order valence-electron chi connectivity index (χ3n) is 2.47. The molecule has 0 heterocycles. The van der Waals surface area contributed by atoms with Crippen LogP contribution in [0.4, 0.5) is 5.69 Å². The van der Waals surface area contributed by atoms with Crippen molar-refractivity contribution in [3.63, 3.8) is 0 Å². The molecule has 1 rings (SSSR count). The molecule has 0 aromatic heterocycles. The topological polar surface area (TPSA) is 38.3 Å². The number of hydrogen-bond acceptors (Lipinski definition) is 3. The third kappa shape index (κ3) is 4.86. The predicted molar refractivity (Wildman–Crippen MR) is 83.1 cm³/mol. The van der Waals surface area contributed by atoms with E-state index in [2.05, 4.69) is 21.2 Å². The minimum atomic E-state index is -0.443. The molecule has 0 spiro atoms. The van der Waals surface area contributed by atoms with Gasteiger partial charge >= 0.3 is 5.97 Å². The van der Waals surface area contributed by atoms with Gasteiger partial charge in [0.15, 0.2) is 0 Å². The highest BCUT2D eigenvalue weighted by Crippen LogP contribution is 2.34. The molecule has 0 fully saturated rings. The van der Waals surface area contributed by atoms with E-state index in [1.807, 2.05) is 6.92 Å². The maximum absolute atomic E-state index is 11.8. The van der Waals surface area contributed by atoms with E-state index < -0.39 is 6.04 Å². The lowest BCUT2D eigenvalue weighted by Gasteiger charge is -2.19. The van der Waals surface area contributed by atoms with Gasteiger partial charge in [-0.05, 0) is 25.5 Å². The second-order valence-corrected chi connectivity index (χ2v) is 5.71. The zero-order valence-electron chi connectivity index (χ0n) is 10.8. The van der Waals surface area contributed by atoms with Gasteiger partial charge in [0, 0.05) is 4.47 Å². The molecule has 0 amide bonds. The van der Waals surface area contributed by atoms with Gasteiger partial charge in [0.25, 0.3) is 0 Å². The number of carbonyl (C=O) groups is 1. The van der Waals surface area contributed by atoms with E-state index in [1.54, 1.807) is 19.1 Å². The highest BCUT2D eigenvalue weighted by atomic mass is 79.9. The predicted octanol–water partition coefficient (Wildman–Crippen LogP) is 4.90. The number of carbonyl (C=O) groups excluding carboxylic acids is 1. The molecule has 0 aliphatic rings. The van der Waals surface area contributed by atoms with E-state index in [0.717, 1.165) is 10.9 Å². The number of halogens is 3. The zero-order chi connectivity index (χ0) is 14.4. The van der Waals surface area contributed by atoms with Gasteiger partial charge in [-0.15, -0.1) is 0 Å². The summed E-state index contributed by atoms with van der Waals surface area (Å²) in [6, 6.07) is 3.01. The van der Waals surface area contributed by atoms with Crippen molar-refractivity contribution in [3.8, 4) is 0 Å². The van der Waals surface area contributed by atoms with Gasteiger partial charge in [-0.25, -0.2) is 4.79 Å². The van der Waals surface area contributed by atoms with Crippen LogP contribution < -0.4 is 5.32 Å². The summed E-state index contributed by atoms with van der Waals surface area (Å²) in [7, 11) is 0. The van der Waals surface area contributed by atoms with Crippen molar-refractivity contribution in [1.29, 1.82) is 0 Å². The minimum absolute atomic E-state index is 0.292. The van der Waals surface area contributed by atoms with Crippen molar-refractivity contribution in [1.82, 2.24) is 0 Å². The lowest BCUT2D eigenvalue weighted by Crippen LogP contribution is -2.31. The molecule has 106 valence electrons. The molecule has 0 radical (unpaired) electrons. The van der Waals surface area contributed by atoms with Crippen molar-refractivity contribution < 1.29 is 9.53 Å². The Kier molecular flexibility index (Phi) is 6.97. The average Bonchev–Trinajstić information content (AvgIpc) is 2.32. The SMILES string of the molecule is CCCC(Nc1c(Cl)cc(Br)cc1Cl)C(=O)OCC. The third-order valence-corrected chi connectivity index (χ3v) is 3.53. The highest BCUT2D eigenvalue weighted by Gasteiger charge is 2.21. The molecule has 0 saturated heterocycles. The number of rotatable bonds is 6. The van der Waals surface area contributed by atoms with E-state index in [0.29, 0.717) is 28.8 Å². The van der Waals surface area contributed by atoms with E-state index in [9.17, 15) is 4.79 Å². The number of anilines is 1. The van der Waals surface area contributed by atoms with Crippen LogP contribution in [0.2, 0.25) is 10.0 Å². The van der Waals surface area contributed by atoms with Gasteiger partial charge in [-0.3, -0.25) is 0 Å². The standard InChI is InChI=1S/C13H16BrCl2NO2/c1-3-5-11(13(18)19-4-2)17-12-9(15)6-8(14)7-10(12)16/h6-7,11,17H,3-5H2,1-2H3. The van der Waals surface area contributed by atoms with Crippen LogP contribution in [-0.2, 0) is 9.53 Å². The fraction of sp³-hybridized carbons (Fsp3) is 0.462. The summed E-state index contributed by atoms with van der Waals surface area (Å²) >= 11 is 15.6. The van der Waals surface area contributed by atoms with Crippen LogP contribution in [-0.4, -0.2) is 18.6 Å². The molecule has 1 unspecified atom stereocenters. The molecular formula is C13H16BrCl2NO2. The second-order valence-electron chi connectivity index (χ2n) is 3.98. The normalized spacial score (nSPS) is 12.1. The quantitative estimate of drug-likeness (QED) is 0.725. The molecule has 19 heavy (non-hydrogen) atoms. The number of nitrogens with one attached hydrogen (secondary N) is 1. The molecule has 1 atom stereocenters. The largest absolute Gasteiger partial charge is 0.464 e. The lowest BCUT2D eigenvalue weighted by atomic mass is 10.1. The van der Waals surface area contributed by atoms with Crippen molar-refractivity contribution >= 4 is 50.8 Å². The number of esters is 1.